The zero-order valence-electron chi connectivity index (χ0n) is 11.8. The van der Waals surface area contributed by atoms with Gasteiger partial charge in [0, 0.05) is 5.41 Å². The average molecular weight is 282 g/mol. The highest BCUT2D eigenvalue weighted by atomic mass is 31.2. The van der Waals surface area contributed by atoms with E-state index in [0.29, 0.717) is 0 Å². The SMILES string of the molecule is CCCCC1(CC)COP(Oc2ccccc2)OC1. The summed E-state index contributed by atoms with van der Waals surface area (Å²) in [6.07, 6.45) is 4.73. The number of rotatable bonds is 6. The maximum absolute atomic E-state index is 5.81. The van der Waals surface area contributed by atoms with Crippen molar-refractivity contribution >= 4 is 8.60 Å². The van der Waals surface area contributed by atoms with Gasteiger partial charge < -0.3 is 13.6 Å². The third-order valence-corrected chi connectivity index (χ3v) is 4.73. The van der Waals surface area contributed by atoms with Crippen LogP contribution < -0.4 is 4.52 Å². The average Bonchev–Trinajstić information content (AvgIpc) is 2.48. The minimum Gasteiger partial charge on any atom is -0.427 e. The minimum atomic E-state index is -1.23. The van der Waals surface area contributed by atoms with Crippen molar-refractivity contribution < 1.29 is 13.6 Å². The van der Waals surface area contributed by atoms with Gasteiger partial charge in [-0.05, 0) is 25.0 Å². The van der Waals surface area contributed by atoms with E-state index in [9.17, 15) is 0 Å². The van der Waals surface area contributed by atoms with Gasteiger partial charge in [-0.2, -0.15) is 0 Å². The van der Waals surface area contributed by atoms with Gasteiger partial charge in [0.15, 0.2) is 0 Å². The van der Waals surface area contributed by atoms with Gasteiger partial charge in [0.2, 0.25) is 0 Å². The molecule has 0 bridgehead atoms. The Labute approximate surface area is 117 Å². The monoisotopic (exact) mass is 282 g/mol. The maximum atomic E-state index is 5.81. The Morgan fingerprint density at radius 1 is 1.16 bits per heavy atom. The first-order valence-electron chi connectivity index (χ1n) is 7.07. The molecule has 4 heteroatoms. The lowest BCUT2D eigenvalue weighted by atomic mass is 9.82. The van der Waals surface area contributed by atoms with Crippen LogP contribution in [-0.2, 0) is 9.05 Å². The summed E-state index contributed by atoms with van der Waals surface area (Å²) in [4.78, 5) is 0. The molecule has 0 radical (unpaired) electrons. The van der Waals surface area contributed by atoms with Crippen LogP contribution in [-0.4, -0.2) is 13.2 Å². The molecule has 0 N–H and O–H groups in total. The first-order valence-corrected chi connectivity index (χ1v) is 8.16. The number of hydrogen-bond acceptors (Lipinski definition) is 3. The van der Waals surface area contributed by atoms with Crippen molar-refractivity contribution in [1.82, 2.24) is 0 Å². The van der Waals surface area contributed by atoms with Gasteiger partial charge >= 0.3 is 8.60 Å². The molecule has 0 spiro atoms. The largest absolute Gasteiger partial charge is 0.427 e. The van der Waals surface area contributed by atoms with Crippen LogP contribution in [0.1, 0.15) is 39.5 Å². The fourth-order valence-electron chi connectivity index (χ4n) is 2.16. The van der Waals surface area contributed by atoms with E-state index < -0.39 is 8.60 Å². The van der Waals surface area contributed by atoms with Gasteiger partial charge in [-0.1, -0.05) is 44.9 Å². The van der Waals surface area contributed by atoms with Crippen LogP contribution in [0.3, 0.4) is 0 Å². The summed E-state index contributed by atoms with van der Waals surface area (Å²) < 4.78 is 17.3. The molecule has 1 aliphatic rings. The van der Waals surface area contributed by atoms with E-state index in [-0.39, 0.29) is 5.41 Å². The molecule has 0 aliphatic carbocycles. The fourth-order valence-corrected chi connectivity index (χ4v) is 3.39. The molecular formula is C15H23O3P. The van der Waals surface area contributed by atoms with E-state index in [1.165, 1.54) is 19.3 Å². The lowest BCUT2D eigenvalue weighted by molar-refractivity contribution is 0.00809. The molecule has 0 aromatic heterocycles. The summed E-state index contributed by atoms with van der Waals surface area (Å²) >= 11 is 0. The predicted octanol–water partition coefficient (Wildman–Crippen LogP) is 4.93. The summed E-state index contributed by atoms with van der Waals surface area (Å²) in [5.74, 6) is 0.811. The lowest BCUT2D eigenvalue weighted by Gasteiger charge is -2.37. The van der Waals surface area contributed by atoms with Crippen LogP contribution in [0.2, 0.25) is 0 Å². The normalized spacial score (nSPS) is 27.2. The maximum Gasteiger partial charge on any atom is 0.397 e. The van der Waals surface area contributed by atoms with Crippen molar-refractivity contribution in [2.45, 2.75) is 39.5 Å². The summed E-state index contributed by atoms with van der Waals surface area (Å²) in [7, 11) is -1.23. The smallest absolute Gasteiger partial charge is 0.397 e. The van der Waals surface area contributed by atoms with E-state index in [1.807, 2.05) is 30.3 Å². The highest BCUT2D eigenvalue weighted by Gasteiger charge is 2.37. The van der Waals surface area contributed by atoms with Crippen molar-refractivity contribution in [2.24, 2.45) is 5.41 Å². The third-order valence-electron chi connectivity index (χ3n) is 3.69. The quantitative estimate of drug-likeness (QED) is 0.693. The van der Waals surface area contributed by atoms with Gasteiger partial charge in [0.05, 0.1) is 13.2 Å². The van der Waals surface area contributed by atoms with Crippen LogP contribution in [0.25, 0.3) is 0 Å². The molecular weight excluding hydrogens is 259 g/mol. The summed E-state index contributed by atoms with van der Waals surface area (Å²) in [5, 5.41) is 0. The summed E-state index contributed by atoms with van der Waals surface area (Å²) in [5.41, 5.74) is 0.189. The molecule has 1 heterocycles. The molecule has 0 amide bonds. The number of hydrogen-bond donors (Lipinski definition) is 0. The summed E-state index contributed by atoms with van der Waals surface area (Å²) in [6, 6.07) is 9.72. The number of para-hydroxylation sites is 1. The molecule has 106 valence electrons. The second-order valence-electron chi connectivity index (χ2n) is 5.13. The van der Waals surface area contributed by atoms with Crippen molar-refractivity contribution in [3.63, 3.8) is 0 Å². The highest BCUT2D eigenvalue weighted by Crippen LogP contribution is 2.49. The fraction of sp³-hybridized carbons (Fsp3) is 0.600. The number of unbranched alkanes of at least 4 members (excludes halogenated alkanes) is 1. The molecule has 3 nitrogen and oxygen atoms in total. The molecule has 0 saturated carbocycles. The van der Waals surface area contributed by atoms with Crippen LogP contribution >= 0.6 is 8.60 Å². The molecule has 1 saturated heterocycles. The Balaban J connectivity index is 1.84. The topological polar surface area (TPSA) is 27.7 Å². The van der Waals surface area contributed by atoms with E-state index >= 15 is 0 Å². The highest BCUT2D eigenvalue weighted by molar-refractivity contribution is 7.42. The van der Waals surface area contributed by atoms with Crippen molar-refractivity contribution in [3.05, 3.63) is 30.3 Å². The summed E-state index contributed by atoms with van der Waals surface area (Å²) in [6.45, 7) is 5.94. The van der Waals surface area contributed by atoms with Gasteiger partial charge in [-0.3, -0.25) is 0 Å². The Kier molecular flexibility index (Phi) is 5.62. The van der Waals surface area contributed by atoms with E-state index in [2.05, 4.69) is 13.8 Å². The molecule has 0 atom stereocenters. The van der Waals surface area contributed by atoms with Gasteiger partial charge in [-0.25, -0.2) is 0 Å². The van der Waals surface area contributed by atoms with Crippen LogP contribution in [0, 0.1) is 5.41 Å². The van der Waals surface area contributed by atoms with Gasteiger partial charge in [0.1, 0.15) is 5.75 Å². The Morgan fingerprint density at radius 2 is 1.84 bits per heavy atom. The zero-order valence-corrected chi connectivity index (χ0v) is 12.7. The molecule has 1 aliphatic heterocycles. The Morgan fingerprint density at radius 3 is 2.42 bits per heavy atom. The second-order valence-corrected chi connectivity index (χ2v) is 6.28. The first kappa shape index (κ1) is 14.8. The Bertz CT molecular complexity index is 361. The zero-order chi connectivity index (χ0) is 13.6. The van der Waals surface area contributed by atoms with E-state index in [0.717, 1.165) is 25.4 Å². The molecule has 1 aromatic rings. The number of benzene rings is 1. The molecule has 19 heavy (non-hydrogen) atoms. The van der Waals surface area contributed by atoms with Crippen molar-refractivity contribution in [3.8, 4) is 5.75 Å². The second kappa shape index (κ2) is 7.23. The van der Waals surface area contributed by atoms with Crippen LogP contribution in [0.15, 0.2) is 30.3 Å². The van der Waals surface area contributed by atoms with Crippen molar-refractivity contribution in [1.29, 1.82) is 0 Å². The molecule has 0 unspecified atom stereocenters. The molecule has 1 aromatic carbocycles. The van der Waals surface area contributed by atoms with Crippen LogP contribution in [0.5, 0.6) is 5.75 Å². The van der Waals surface area contributed by atoms with E-state index in [1.54, 1.807) is 0 Å². The van der Waals surface area contributed by atoms with Crippen LogP contribution in [0.4, 0.5) is 0 Å². The van der Waals surface area contributed by atoms with E-state index in [4.69, 9.17) is 13.6 Å². The van der Waals surface area contributed by atoms with Gasteiger partial charge in [0.25, 0.3) is 0 Å². The minimum absolute atomic E-state index is 0.189. The standard InChI is InChI=1S/C15H23O3P/c1-3-5-11-15(4-2)12-16-19(17-13-15)18-14-9-7-6-8-10-14/h6-10H,3-5,11-13H2,1-2H3. The predicted molar refractivity (Wildman–Crippen MR) is 78.1 cm³/mol. The third kappa shape index (κ3) is 4.17. The van der Waals surface area contributed by atoms with Gasteiger partial charge in [-0.15, -0.1) is 0 Å². The Hall–Kier alpha value is -0.630. The van der Waals surface area contributed by atoms with Crippen molar-refractivity contribution in [2.75, 3.05) is 13.2 Å². The first-order chi connectivity index (χ1) is 9.28. The lowest BCUT2D eigenvalue weighted by Crippen LogP contribution is -2.34. The molecule has 2 rings (SSSR count). The molecule has 1 fully saturated rings.